The molecule has 2 N–H and O–H groups in total. The van der Waals surface area contributed by atoms with Crippen molar-refractivity contribution in [1.29, 1.82) is 0 Å². The van der Waals surface area contributed by atoms with Crippen LogP contribution in [0.25, 0.3) is 0 Å². The molecule has 0 saturated heterocycles. The predicted octanol–water partition coefficient (Wildman–Crippen LogP) is 3.38. The van der Waals surface area contributed by atoms with Crippen LogP contribution in [0, 0.1) is 5.82 Å². The fourth-order valence-corrected chi connectivity index (χ4v) is 1.47. The van der Waals surface area contributed by atoms with E-state index in [1.807, 2.05) is 0 Å². The molecule has 0 aliphatic heterocycles. The van der Waals surface area contributed by atoms with E-state index in [2.05, 4.69) is 0 Å². The molecule has 1 rings (SSSR count). The number of hydrogen-bond donors (Lipinski definition) is 1. The Labute approximate surface area is 101 Å². The smallest absolute Gasteiger partial charge is 0.145 e. The lowest BCUT2D eigenvalue weighted by molar-refractivity contribution is 0.303. The van der Waals surface area contributed by atoms with Crippen molar-refractivity contribution in [3.05, 3.63) is 29.0 Å². The minimum atomic E-state index is -0.442. The first-order valence-electron chi connectivity index (χ1n) is 5.52. The lowest BCUT2D eigenvalue weighted by atomic mass is 10.2. The molecule has 0 aromatic heterocycles. The number of halogens is 2. The summed E-state index contributed by atoms with van der Waals surface area (Å²) in [5.74, 6) is 0.0861. The highest BCUT2D eigenvalue weighted by Gasteiger charge is 2.01. The average molecular weight is 246 g/mol. The lowest BCUT2D eigenvalue weighted by Gasteiger charge is -2.06. The highest BCUT2D eigenvalue weighted by Crippen LogP contribution is 2.20. The van der Waals surface area contributed by atoms with Crippen LogP contribution in [-0.2, 0) is 0 Å². The number of ether oxygens (including phenoxy) is 1. The summed E-state index contributed by atoms with van der Waals surface area (Å²) in [4.78, 5) is 0. The minimum Gasteiger partial charge on any atom is -0.493 e. The second-order valence-electron chi connectivity index (χ2n) is 3.63. The first-order valence-corrected chi connectivity index (χ1v) is 5.90. The number of rotatable bonds is 7. The quantitative estimate of drug-likeness (QED) is 0.748. The SMILES string of the molecule is NCCCCCCOc1ccc(Cl)c(F)c1. The summed E-state index contributed by atoms with van der Waals surface area (Å²) in [5, 5.41) is 0.121. The molecular formula is C12H17ClFNO. The van der Waals surface area contributed by atoms with Crippen LogP contribution >= 0.6 is 11.6 Å². The predicted molar refractivity (Wildman–Crippen MR) is 64.4 cm³/mol. The van der Waals surface area contributed by atoms with Crippen LogP contribution in [0.3, 0.4) is 0 Å². The van der Waals surface area contributed by atoms with E-state index in [9.17, 15) is 4.39 Å². The van der Waals surface area contributed by atoms with Gasteiger partial charge in [-0.1, -0.05) is 24.4 Å². The van der Waals surface area contributed by atoms with E-state index in [0.29, 0.717) is 12.4 Å². The monoisotopic (exact) mass is 245 g/mol. The summed E-state index contributed by atoms with van der Waals surface area (Å²) in [6.07, 6.45) is 4.22. The molecule has 2 nitrogen and oxygen atoms in total. The van der Waals surface area contributed by atoms with Gasteiger partial charge in [-0.05, 0) is 31.5 Å². The Balaban J connectivity index is 2.19. The Bertz CT molecular complexity index is 320. The van der Waals surface area contributed by atoms with Crippen molar-refractivity contribution in [3.8, 4) is 5.75 Å². The largest absolute Gasteiger partial charge is 0.493 e. The van der Waals surface area contributed by atoms with Crippen LogP contribution < -0.4 is 10.5 Å². The second kappa shape index (κ2) is 7.47. The van der Waals surface area contributed by atoms with E-state index >= 15 is 0 Å². The van der Waals surface area contributed by atoms with Gasteiger partial charge >= 0.3 is 0 Å². The third-order valence-corrected chi connectivity index (χ3v) is 2.56. The van der Waals surface area contributed by atoms with Crippen LogP contribution in [-0.4, -0.2) is 13.2 Å². The Kier molecular flexibility index (Phi) is 6.19. The summed E-state index contributed by atoms with van der Waals surface area (Å²) >= 11 is 5.56. The zero-order chi connectivity index (χ0) is 11.8. The fourth-order valence-electron chi connectivity index (χ4n) is 1.36. The second-order valence-corrected chi connectivity index (χ2v) is 4.03. The maximum absolute atomic E-state index is 13.0. The van der Waals surface area contributed by atoms with E-state index in [0.717, 1.165) is 32.2 Å². The van der Waals surface area contributed by atoms with Gasteiger partial charge in [0, 0.05) is 6.07 Å². The van der Waals surface area contributed by atoms with Crippen molar-refractivity contribution in [2.75, 3.05) is 13.2 Å². The van der Waals surface area contributed by atoms with Gasteiger partial charge in [0.2, 0.25) is 0 Å². The first-order chi connectivity index (χ1) is 7.74. The highest BCUT2D eigenvalue weighted by atomic mass is 35.5. The van der Waals surface area contributed by atoms with Crippen LogP contribution in [0.5, 0.6) is 5.75 Å². The Morgan fingerprint density at radius 1 is 1.19 bits per heavy atom. The Morgan fingerprint density at radius 2 is 1.94 bits per heavy atom. The number of benzene rings is 1. The Morgan fingerprint density at radius 3 is 2.62 bits per heavy atom. The molecule has 0 aliphatic carbocycles. The molecule has 0 heterocycles. The molecule has 16 heavy (non-hydrogen) atoms. The molecule has 0 bridgehead atoms. The molecule has 0 spiro atoms. The zero-order valence-electron chi connectivity index (χ0n) is 9.22. The lowest BCUT2D eigenvalue weighted by Crippen LogP contribution is -2.00. The zero-order valence-corrected chi connectivity index (χ0v) is 9.97. The van der Waals surface area contributed by atoms with Gasteiger partial charge in [-0.15, -0.1) is 0 Å². The highest BCUT2D eigenvalue weighted by molar-refractivity contribution is 6.30. The number of hydrogen-bond acceptors (Lipinski definition) is 2. The van der Waals surface area contributed by atoms with Crippen molar-refractivity contribution < 1.29 is 9.13 Å². The van der Waals surface area contributed by atoms with Crippen molar-refractivity contribution in [1.82, 2.24) is 0 Å². The molecule has 0 atom stereocenters. The molecular weight excluding hydrogens is 229 g/mol. The van der Waals surface area contributed by atoms with Gasteiger partial charge in [0.1, 0.15) is 11.6 Å². The maximum atomic E-state index is 13.0. The first kappa shape index (κ1) is 13.3. The van der Waals surface area contributed by atoms with Crippen LogP contribution in [0.2, 0.25) is 5.02 Å². The summed E-state index contributed by atoms with van der Waals surface area (Å²) < 4.78 is 18.4. The number of nitrogens with two attached hydrogens (primary N) is 1. The van der Waals surface area contributed by atoms with E-state index < -0.39 is 5.82 Å². The molecule has 0 unspecified atom stereocenters. The van der Waals surface area contributed by atoms with Crippen LogP contribution in [0.15, 0.2) is 18.2 Å². The normalized spacial score (nSPS) is 10.4. The van der Waals surface area contributed by atoms with Crippen molar-refractivity contribution in [2.24, 2.45) is 5.73 Å². The van der Waals surface area contributed by atoms with Gasteiger partial charge in [0.05, 0.1) is 11.6 Å². The summed E-state index contributed by atoms with van der Waals surface area (Å²) in [5.41, 5.74) is 5.38. The molecule has 4 heteroatoms. The average Bonchev–Trinajstić information content (AvgIpc) is 2.28. The Hall–Kier alpha value is -0.800. The molecule has 1 aromatic carbocycles. The standard InChI is InChI=1S/C12H17ClFNO/c13-11-6-5-10(9-12(11)14)16-8-4-2-1-3-7-15/h5-6,9H,1-4,7-8,15H2. The third kappa shape index (κ3) is 4.81. The molecule has 0 fully saturated rings. The molecule has 0 aliphatic rings. The van der Waals surface area contributed by atoms with Gasteiger partial charge in [-0.2, -0.15) is 0 Å². The van der Waals surface area contributed by atoms with Gasteiger partial charge in [0.15, 0.2) is 0 Å². The van der Waals surface area contributed by atoms with Crippen molar-refractivity contribution >= 4 is 11.6 Å². The van der Waals surface area contributed by atoms with Crippen LogP contribution in [0.4, 0.5) is 4.39 Å². The fraction of sp³-hybridized carbons (Fsp3) is 0.500. The molecule has 90 valence electrons. The molecule has 0 radical (unpaired) electrons. The van der Waals surface area contributed by atoms with Gasteiger partial charge in [-0.3, -0.25) is 0 Å². The summed E-state index contributed by atoms with van der Waals surface area (Å²) in [6.45, 7) is 1.34. The minimum absolute atomic E-state index is 0.121. The van der Waals surface area contributed by atoms with Crippen molar-refractivity contribution in [3.63, 3.8) is 0 Å². The van der Waals surface area contributed by atoms with E-state index in [1.54, 1.807) is 6.07 Å². The van der Waals surface area contributed by atoms with Gasteiger partial charge in [-0.25, -0.2) is 4.39 Å². The van der Waals surface area contributed by atoms with Crippen molar-refractivity contribution in [2.45, 2.75) is 25.7 Å². The van der Waals surface area contributed by atoms with Gasteiger partial charge in [0.25, 0.3) is 0 Å². The van der Waals surface area contributed by atoms with Crippen LogP contribution in [0.1, 0.15) is 25.7 Å². The summed E-state index contributed by atoms with van der Waals surface area (Å²) in [7, 11) is 0. The molecule has 1 aromatic rings. The van der Waals surface area contributed by atoms with E-state index in [-0.39, 0.29) is 5.02 Å². The van der Waals surface area contributed by atoms with E-state index in [1.165, 1.54) is 12.1 Å². The summed E-state index contributed by atoms with van der Waals surface area (Å²) in [6, 6.07) is 4.48. The van der Waals surface area contributed by atoms with E-state index in [4.69, 9.17) is 22.1 Å². The number of unbranched alkanes of at least 4 members (excludes halogenated alkanes) is 3. The topological polar surface area (TPSA) is 35.2 Å². The third-order valence-electron chi connectivity index (χ3n) is 2.26. The maximum Gasteiger partial charge on any atom is 0.145 e. The van der Waals surface area contributed by atoms with Gasteiger partial charge < -0.3 is 10.5 Å². The molecule has 0 saturated carbocycles. The molecule has 0 amide bonds.